The van der Waals surface area contributed by atoms with Crippen molar-refractivity contribution in [1.29, 1.82) is 0 Å². The van der Waals surface area contributed by atoms with Gasteiger partial charge in [-0.15, -0.1) is 0 Å². The Kier molecular flexibility index (Phi) is 5.28. The Labute approximate surface area is 177 Å². The number of rotatable bonds is 4. The fraction of sp³-hybridized carbons (Fsp3) is 0.522. The summed E-state index contributed by atoms with van der Waals surface area (Å²) in [5.74, 6) is 0.587. The summed E-state index contributed by atoms with van der Waals surface area (Å²) in [4.78, 5) is 9.43. The van der Waals surface area contributed by atoms with Gasteiger partial charge in [0.2, 0.25) is 5.88 Å². The Morgan fingerprint density at radius 3 is 2.83 bits per heavy atom. The first-order valence-corrected chi connectivity index (χ1v) is 10.5. The van der Waals surface area contributed by atoms with Gasteiger partial charge < -0.3 is 14.8 Å². The predicted octanol–water partition coefficient (Wildman–Crippen LogP) is 3.70. The lowest BCUT2D eigenvalue weighted by molar-refractivity contribution is -0.107. The van der Waals surface area contributed by atoms with Crippen LogP contribution in [0.3, 0.4) is 0 Å². The third-order valence-corrected chi connectivity index (χ3v) is 5.28. The van der Waals surface area contributed by atoms with Crippen LogP contribution in [0.5, 0.6) is 5.88 Å². The number of aromatic nitrogens is 4. The molecule has 1 fully saturated rings. The topological polar surface area (TPSA) is 74.1 Å². The van der Waals surface area contributed by atoms with Gasteiger partial charge in [0.15, 0.2) is 0 Å². The Hall–Kier alpha value is -2.51. The van der Waals surface area contributed by atoms with Gasteiger partial charge >= 0.3 is 0 Å². The molecule has 0 aromatic carbocycles. The first-order valence-electron chi connectivity index (χ1n) is 10.5. The van der Waals surface area contributed by atoms with Gasteiger partial charge in [-0.1, -0.05) is 0 Å². The number of nitrogens with zero attached hydrogens (tertiary/aromatic N) is 4. The lowest BCUT2D eigenvalue weighted by Crippen LogP contribution is -2.52. The molecule has 0 radical (unpaired) electrons. The summed E-state index contributed by atoms with van der Waals surface area (Å²) in [6.45, 7) is 14.6. The Bertz CT molecular complexity index is 1050. The van der Waals surface area contributed by atoms with Crippen molar-refractivity contribution in [1.82, 2.24) is 25.1 Å². The second-order valence-corrected chi connectivity index (χ2v) is 9.62. The Morgan fingerprint density at radius 1 is 1.33 bits per heavy atom. The molecule has 0 unspecified atom stereocenters. The number of morpholine rings is 1. The van der Waals surface area contributed by atoms with Crippen molar-refractivity contribution in [3.05, 3.63) is 36.3 Å². The van der Waals surface area contributed by atoms with Crippen molar-refractivity contribution in [3.8, 4) is 17.1 Å². The van der Waals surface area contributed by atoms with E-state index in [1.807, 2.05) is 35.4 Å². The highest BCUT2D eigenvalue weighted by atomic mass is 16.6. The van der Waals surface area contributed by atoms with Crippen molar-refractivity contribution in [2.24, 2.45) is 0 Å². The summed E-state index contributed by atoms with van der Waals surface area (Å²) in [5, 5.41) is 8.87. The molecule has 7 heteroatoms. The number of aryl methyl sites for hydroxylation is 1. The number of nitrogens with one attached hydrogen (secondary N) is 1. The molecule has 1 aliphatic rings. The maximum Gasteiger partial charge on any atom is 0.223 e. The number of fused-ring (bicyclic) bond motifs is 1. The molecule has 0 bridgehead atoms. The van der Waals surface area contributed by atoms with E-state index in [1.54, 1.807) is 0 Å². The molecule has 1 saturated heterocycles. The maximum absolute atomic E-state index is 6.23. The fourth-order valence-corrected chi connectivity index (χ4v) is 3.70. The van der Waals surface area contributed by atoms with Gasteiger partial charge in [-0.3, -0.25) is 9.67 Å². The van der Waals surface area contributed by atoms with Crippen LogP contribution >= 0.6 is 0 Å². The smallest absolute Gasteiger partial charge is 0.223 e. The highest BCUT2D eigenvalue weighted by Gasteiger charge is 2.29. The van der Waals surface area contributed by atoms with Gasteiger partial charge in [0, 0.05) is 31.0 Å². The fourth-order valence-electron chi connectivity index (χ4n) is 3.70. The molecule has 4 rings (SSSR count). The van der Waals surface area contributed by atoms with E-state index in [1.165, 1.54) is 0 Å². The van der Waals surface area contributed by atoms with Crippen LogP contribution in [0, 0.1) is 6.92 Å². The molecule has 4 heterocycles. The Balaban J connectivity index is 1.68. The minimum absolute atomic E-state index is 0.0325. The molecule has 30 heavy (non-hydrogen) atoms. The summed E-state index contributed by atoms with van der Waals surface area (Å²) >= 11 is 0. The van der Waals surface area contributed by atoms with Crippen molar-refractivity contribution in [2.75, 3.05) is 19.7 Å². The zero-order chi connectivity index (χ0) is 21.5. The summed E-state index contributed by atoms with van der Waals surface area (Å²) in [6.07, 6.45) is 5.65. The van der Waals surface area contributed by atoms with Gasteiger partial charge in [0.25, 0.3) is 0 Å². The number of hydrogen-bond donors (Lipinski definition) is 1. The van der Waals surface area contributed by atoms with E-state index in [2.05, 4.69) is 56.9 Å². The van der Waals surface area contributed by atoms with Crippen LogP contribution in [-0.2, 0) is 10.3 Å². The van der Waals surface area contributed by atoms with Crippen molar-refractivity contribution < 1.29 is 9.47 Å². The largest absolute Gasteiger partial charge is 0.474 e. The van der Waals surface area contributed by atoms with Crippen molar-refractivity contribution >= 4 is 10.9 Å². The zero-order valence-corrected chi connectivity index (χ0v) is 18.7. The van der Waals surface area contributed by atoms with Gasteiger partial charge in [-0.05, 0) is 59.2 Å². The van der Waals surface area contributed by atoms with E-state index in [0.29, 0.717) is 12.5 Å². The van der Waals surface area contributed by atoms with Crippen molar-refractivity contribution in [2.45, 2.75) is 58.8 Å². The molecule has 1 N–H and O–H groups in total. The molecule has 3 aromatic heterocycles. The van der Waals surface area contributed by atoms with E-state index in [9.17, 15) is 0 Å². The molecule has 1 atom stereocenters. The molecule has 1 aliphatic heterocycles. The van der Waals surface area contributed by atoms with Crippen LogP contribution in [-0.4, -0.2) is 51.1 Å². The van der Waals surface area contributed by atoms with Crippen molar-refractivity contribution in [3.63, 3.8) is 0 Å². The lowest BCUT2D eigenvalue weighted by Gasteiger charge is -2.36. The molecule has 3 aromatic rings. The second kappa shape index (κ2) is 7.63. The van der Waals surface area contributed by atoms with E-state index in [0.717, 1.165) is 40.8 Å². The standard InChI is InChI=1S/C23H31N5O2/c1-15-7-8-25-19-9-18(16-10-26-28(12-16)22(2,3)4)27-21(20(15)19)29-13-17-11-24-14-23(5,6)30-17/h7-10,12,17,24H,11,13-14H2,1-6H3/t17-/m0/s1. The first-order chi connectivity index (χ1) is 14.1. The summed E-state index contributed by atoms with van der Waals surface area (Å²) in [7, 11) is 0. The third-order valence-electron chi connectivity index (χ3n) is 5.28. The summed E-state index contributed by atoms with van der Waals surface area (Å²) in [6, 6.07) is 3.98. The van der Waals surface area contributed by atoms with Crippen LogP contribution in [0.15, 0.2) is 30.7 Å². The molecule has 0 aliphatic carbocycles. The minimum atomic E-state index is -0.206. The number of ether oxygens (including phenoxy) is 2. The monoisotopic (exact) mass is 409 g/mol. The third kappa shape index (κ3) is 4.32. The molecule has 160 valence electrons. The molecule has 7 nitrogen and oxygen atoms in total. The Morgan fingerprint density at radius 2 is 2.13 bits per heavy atom. The van der Waals surface area contributed by atoms with E-state index >= 15 is 0 Å². The van der Waals surface area contributed by atoms with Crippen LogP contribution in [0.2, 0.25) is 0 Å². The van der Waals surface area contributed by atoms with Crippen LogP contribution in [0.25, 0.3) is 22.2 Å². The molecular weight excluding hydrogens is 378 g/mol. The van der Waals surface area contributed by atoms with Crippen LogP contribution in [0.1, 0.15) is 40.2 Å². The molecule has 0 spiro atoms. The highest BCUT2D eigenvalue weighted by molar-refractivity contribution is 5.89. The number of pyridine rings is 2. The average Bonchev–Trinajstić information content (AvgIpc) is 3.16. The number of hydrogen-bond acceptors (Lipinski definition) is 6. The summed E-state index contributed by atoms with van der Waals surface area (Å²) < 4.78 is 14.3. The normalized spacial score (nSPS) is 19.2. The highest BCUT2D eigenvalue weighted by Crippen LogP contribution is 2.31. The zero-order valence-electron chi connectivity index (χ0n) is 18.7. The molecular formula is C23H31N5O2. The minimum Gasteiger partial charge on any atom is -0.474 e. The average molecular weight is 410 g/mol. The van der Waals surface area contributed by atoms with E-state index < -0.39 is 0 Å². The van der Waals surface area contributed by atoms with E-state index in [-0.39, 0.29) is 17.2 Å². The maximum atomic E-state index is 6.23. The molecule has 0 saturated carbocycles. The van der Waals surface area contributed by atoms with Crippen LogP contribution < -0.4 is 10.1 Å². The first kappa shape index (κ1) is 20.8. The van der Waals surface area contributed by atoms with E-state index in [4.69, 9.17) is 14.5 Å². The van der Waals surface area contributed by atoms with Crippen LogP contribution in [0.4, 0.5) is 0 Å². The second-order valence-electron chi connectivity index (χ2n) is 9.62. The van der Waals surface area contributed by atoms with Gasteiger partial charge in [0.05, 0.1) is 33.9 Å². The SMILES string of the molecule is Cc1ccnc2cc(-c3cnn(C(C)(C)C)c3)nc(OC[C@@H]3CNCC(C)(C)O3)c12. The van der Waals surface area contributed by atoms with Gasteiger partial charge in [-0.25, -0.2) is 4.98 Å². The molecule has 0 amide bonds. The summed E-state index contributed by atoms with van der Waals surface area (Å²) in [5.41, 5.74) is 3.39. The van der Waals surface area contributed by atoms with Gasteiger partial charge in [-0.2, -0.15) is 5.10 Å². The predicted molar refractivity (Wildman–Crippen MR) is 118 cm³/mol. The quantitative estimate of drug-likeness (QED) is 0.708. The lowest BCUT2D eigenvalue weighted by atomic mass is 10.1. The van der Waals surface area contributed by atoms with Gasteiger partial charge in [0.1, 0.15) is 12.7 Å².